The lowest BCUT2D eigenvalue weighted by Gasteiger charge is -2.25. The lowest BCUT2D eigenvalue weighted by Crippen LogP contribution is -2.39. The Labute approximate surface area is 268 Å². The van der Waals surface area contributed by atoms with Crippen molar-refractivity contribution in [3.63, 3.8) is 0 Å². The number of carbonyl (C=O) groups is 2. The van der Waals surface area contributed by atoms with Crippen LogP contribution in [-0.2, 0) is 25.8 Å². The number of ether oxygens (including phenoxy) is 1. The Kier molecular flexibility index (Phi) is 10.7. The molecule has 4 aromatic rings. The number of sulfonamides is 1. The molecule has 0 aromatic heterocycles. The maximum Gasteiger partial charge on any atom is 0.417 e. The van der Waals surface area contributed by atoms with E-state index in [0.29, 0.717) is 27.4 Å². The first-order valence-corrected chi connectivity index (χ1v) is 15.4. The molecule has 0 saturated heterocycles. The molecule has 0 aliphatic heterocycles. The summed E-state index contributed by atoms with van der Waals surface area (Å²) in [5.41, 5.74) is 3.50. The number of rotatable bonds is 11. The molecule has 0 fully saturated rings. The van der Waals surface area contributed by atoms with Crippen LogP contribution in [0.5, 0.6) is 5.75 Å². The maximum absolute atomic E-state index is 13.6. The molecule has 0 radical (unpaired) electrons. The van der Waals surface area contributed by atoms with E-state index in [1.807, 2.05) is 19.1 Å². The molecule has 0 saturated carbocycles. The van der Waals surface area contributed by atoms with Crippen molar-refractivity contribution < 1.29 is 35.9 Å². The summed E-state index contributed by atoms with van der Waals surface area (Å²) in [6.45, 7) is 2.56. The van der Waals surface area contributed by atoms with Gasteiger partial charge in [0.05, 0.1) is 27.4 Å². The van der Waals surface area contributed by atoms with E-state index in [2.05, 4.69) is 15.8 Å². The van der Waals surface area contributed by atoms with Crippen LogP contribution in [0.15, 0.2) is 101 Å². The molecule has 4 rings (SSSR count). The number of nitrogens with one attached hydrogen (secondary N) is 2. The van der Waals surface area contributed by atoms with E-state index in [9.17, 15) is 31.2 Å². The number of alkyl halides is 3. The lowest BCUT2D eigenvalue weighted by atomic mass is 10.2. The number of hydrogen-bond donors (Lipinski definition) is 2. The summed E-state index contributed by atoms with van der Waals surface area (Å²) >= 11 is 5.73. The van der Waals surface area contributed by atoms with Crippen LogP contribution in [0, 0.1) is 13.8 Å². The molecule has 2 amide bonds. The number of benzene rings is 4. The van der Waals surface area contributed by atoms with Gasteiger partial charge in [0, 0.05) is 5.69 Å². The zero-order valence-corrected chi connectivity index (χ0v) is 26.1. The summed E-state index contributed by atoms with van der Waals surface area (Å²) in [5.74, 6) is -0.864. The van der Waals surface area contributed by atoms with E-state index in [0.717, 1.165) is 23.3 Å². The lowest BCUT2D eigenvalue weighted by molar-refractivity contribution is -0.137. The van der Waals surface area contributed by atoms with E-state index < -0.39 is 44.9 Å². The number of hydrogen-bond acceptors (Lipinski definition) is 6. The topological polar surface area (TPSA) is 117 Å². The average Bonchev–Trinajstić information content (AvgIpc) is 3.00. The first-order valence-electron chi connectivity index (χ1n) is 13.6. The minimum absolute atomic E-state index is 0.225. The number of hydrazone groups is 1. The Morgan fingerprint density at radius 1 is 0.891 bits per heavy atom. The SMILES string of the molecule is Cc1ccc(NC(=O)COc2ccc(/C=N/NC(=O)CN(c3ccc(Cl)c(C(F)(F)F)c3)S(=O)(=O)c3ccc(C)cc3)cc2)cc1. The summed E-state index contributed by atoms with van der Waals surface area (Å²) in [6, 6.07) is 21.8. The van der Waals surface area contributed by atoms with Gasteiger partial charge in [-0.05, 0) is 86.1 Å². The third-order valence-corrected chi connectivity index (χ3v) is 8.55. The molecule has 0 heterocycles. The highest BCUT2D eigenvalue weighted by Crippen LogP contribution is 2.38. The van der Waals surface area contributed by atoms with Crippen LogP contribution in [-0.4, -0.2) is 39.6 Å². The van der Waals surface area contributed by atoms with Gasteiger partial charge < -0.3 is 10.1 Å². The fourth-order valence-corrected chi connectivity index (χ4v) is 5.65. The number of anilines is 2. The second kappa shape index (κ2) is 14.5. The normalized spacial score (nSPS) is 11.7. The van der Waals surface area contributed by atoms with Crippen LogP contribution in [0.25, 0.3) is 0 Å². The van der Waals surface area contributed by atoms with E-state index in [-0.39, 0.29) is 17.4 Å². The Morgan fingerprint density at radius 3 is 2.11 bits per heavy atom. The van der Waals surface area contributed by atoms with Crippen molar-refractivity contribution in [2.75, 3.05) is 22.8 Å². The van der Waals surface area contributed by atoms with Gasteiger partial charge in [0.15, 0.2) is 6.61 Å². The first kappa shape index (κ1) is 34.0. The van der Waals surface area contributed by atoms with Gasteiger partial charge >= 0.3 is 6.18 Å². The van der Waals surface area contributed by atoms with E-state index in [1.54, 1.807) is 43.3 Å². The number of aryl methyl sites for hydroxylation is 2. The molecule has 0 aliphatic rings. The number of carbonyl (C=O) groups excluding carboxylic acids is 2. The second-order valence-corrected chi connectivity index (χ2v) is 12.3. The molecule has 46 heavy (non-hydrogen) atoms. The van der Waals surface area contributed by atoms with Crippen LogP contribution in [0.3, 0.4) is 0 Å². The third-order valence-electron chi connectivity index (χ3n) is 6.43. The van der Waals surface area contributed by atoms with Crippen LogP contribution in [0.4, 0.5) is 24.5 Å². The maximum atomic E-state index is 13.6. The van der Waals surface area contributed by atoms with Gasteiger partial charge in [-0.2, -0.15) is 18.3 Å². The molecule has 2 N–H and O–H groups in total. The molecule has 240 valence electrons. The quantitative estimate of drug-likeness (QED) is 0.143. The van der Waals surface area contributed by atoms with Gasteiger partial charge in [-0.15, -0.1) is 0 Å². The molecule has 0 bridgehead atoms. The minimum atomic E-state index is -4.87. The monoisotopic (exact) mass is 672 g/mol. The van der Waals surface area contributed by atoms with E-state index >= 15 is 0 Å². The fraction of sp³-hybridized carbons (Fsp3) is 0.156. The summed E-state index contributed by atoms with van der Waals surface area (Å²) in [5, 5.41) is 5.93. The Morgan fingerprint density at radius 2 is 1.50 bits per heavy atom. The summed E-state index contributed by atoms with van der Waals surface area (Å²) < 4.78 is 73.8. The van der Waals surface area contributed by atoms with Gasteiger partial charge in [-0.1, -0.05) is 47.0 Å². The molecular formula is C32H28ClF3N4O5S. The summed E-state index contributed by atoms with van der Waals surface area (Å²) in [4.78, 5) is 24.7. The first-order chi connectivity index (χ1) is 21.7. The van der Waals surface area contributed by atoms with Crippen LogP contribution in [0.2, 0.25) is 5.02 Å². The molecule has 4 aromatic carbocycles. The van der Waals surface area contributed by atoms with Gasteiger partial charge in [-0.25, -0.2) is 13.8 Å². The van der Waals surface area contributed by atoms with E-state index in [1.165, 1.54) is 30.5 Å². The van der Waals surface area contributed by atoms with Crippen molar-refractivity contribution in [1.29, 1.82) is 0 Å². The zero-order chi connectivity index (χ0) is 33.5. The molecule has 0 unspecified atom stereocenters. The van der Waals surface area contributed by atoms with Crippen molar-refractivity contribution in [3.05, 3.63) is 118 Å². The van der Waals surface area contributed by atoms with Crippen LogP contribution < -0.4 is 19.8 Å². The number of halogens is 4. The highest BCUT2D eigenvalue weighted by molar-refractivity contribution is 7.92. The van der Waals surface area contributed by atoms with Crippen molar-refractivity contribution in [1.82, 2.24) is 5.43 Å². The van der Waals surface area contributed by atoms with Crippen LogP contribution in [0.1, 0.15) is 22.3 Å². The summed E-state index contributed by atoms with van der Waals surface area (Å²) in [7, 11) is -4.49. The highest BCUT2D eigenvalue weighted by atomic mass is 35.5. The zero-order valence-electron chi connectivity index (χ0n) is 24.5. The second-order valence-electron chi connectivity index (χ2n) is 10.1. The third kappa shape index (κ3) is 9.08. The van der Waals surface area contributed by atoms with Crippen LogP contribution >= 0.6 is 11.6 Å². The predicted molar refractivity (Wildman–Crippen MR) is 170 cm³/mol. The molecule has 14 heteroatoms. The molecule has 0 aliphatic carbocycles. The molecule has 0 spiro atoms. The molecule has 9 nitrogen and oxygen atoms in total. The fourth-order valence-electron chi connectivity index (χ4n) is 4.02. The van der Waals surface area contributed by atoms with E-state index in [4.69, 9.17) is 16.3 Å². The molecule has 0 atom stereocenters. The average molecular weight is 673 g/mol. The Bertz CT molecular complexity index is 1830. The number of nitrogens with zero attached hydrogens (tertiary/aromatic N) is 2. The van der Waals surface area contributed by atoms with Gasteiger partial charge in [-0.3, -0.25) is 13.9 Å². The standard InChI is InChI=1S/C32H28ClF3N4O5S/c1-21-3-9-24(10-4-21)38-31(42)20-45-26-12-7-23(8-13-26)18-37-39-30(41)19-40(46(43,44)27-14-5-22(2)6-15-27)25-11-16-29(33)28(17-25)32(34,35)36/h3-18H,19-20H2,1-2H3,(H,38,42)(H,39,41)/b37-18+. The van der Waals surface area contributed by atoms with Gasteiger partial charge in [0.25, 0.3) is 21.8 Å². The van der Waals surface area contributed by atoms with Crippen molar-refractivity contribution in [2.45, 2.75) is 24.9 Å². The van der Waals surface area contributed by atoms with Crippen molar-refractivity contribution in [2.24, 2.45) is 5.10 Å². The summed E-state index contributed by atoms with van der Waals surface area (Å²) in [6.07, 6.45) is -3.60. The van der Waals surface area contributed by atoms with Crippen molar-refractivity contribution >= 4 is 51.0 Å². The highest BCUT2D eigenvalue weighted by Gasteiger charge is 2.35. The largest absolute Gasteiger partial charge is 0.484 e. The minimum Gasteiger partial charge on any atom is -0.484 e. The Balaban J connectivity index is 1.42. The smallest absolute Gasteiger partial charge is 0.417 e. The van der Waals surface area contributed by atoms with Gasteiger partial charge in [0.2, 0.25) is 0 Å². The molecular weight excluding hydrogens is 645 g/mol. The predicted octanol–water partition coefficient (Wildman–Crippen LogP) is 6.34. The van der Waals surface area contributed by atoms with Gasteiger partial charge in [0.1, 0.15) is 12.3 Å². The van der Waals surface area contributed by atoms with Crippen molar-refractivity contribution in [3.8, 4) is 5.75 Å². The Hall–Kier alpha value is -4.88. The number of amides is 2.